The van der Waals surface area contributed by atoms with E-state index >= 15 is 0 Å². The average molecular weight is 326 g/mol. The topological polar surface area (TPSA) is 21.7 Å². The maximum Gasteiger partial charge on any atom is 0.231 e. The average Bonchev–Trinajstić information content (AvgIpc) is 2.86. The molecule has 2 aliphatic heterocycles. The molecular formula is C15H20BrNO2. The lowest BCUT2D eigenvalue weighted by Crippen LogP contribution is -2.34. The lowest BCUT2D eigenvalue weighted by Gasteiger charge is -2.32. The minimum atomic E-state index is 0.340. The minimum absolute atomic E-state index is 0.340. The summed E-state index contributed by atoms with van der Waals surface area (Å²) in [6.45, 7) is 6.06. The van der Waals surface area contributed by atoms with Gasteiger partial charge in [-0.2, -0.15) is 0 Å². The zero-order valence-corrected chi connectivity index (χ0v) is 12.9. The number of rotatable bonds is 3. The van der Waals surface area contributed by atoms with Crippen LogP contribution in [0, 0.1) is 5.92 Å². The first-order valence-electron chi connectivity index (χ1n) is 7.06. The molecule has 1 aromatic rings. The molecule has 0 aromatic heterocycles. The van der Waals surface area contributed by atoms with Gasteiger partial charge in [0.1, 0.15) is 0 Å². The second-order valence-electron chi connectivity index (χ2n) is 5.45. The molecule has 19 heavy (non-hydrogen) atoms. The fourth-order valence-electron chi connectivity index (χ4n) is 2.95. The van der Waals surface area contributed by atoms with E-state index in [9.17, 15) is 0 Å². The summed E-state index contributed by atoms with van der Waals surface area (Å²) in [6.07, 6.45) is 3.99. The van der Waals surface area contributed by atoms with E-state index in [0.717, 1.165) is 28.4 Å². The Balaban J connectivity index is 1.72. The molecule has 3 nitrogen and oxygen atoms in total. The van der Waals surface area contributed by atoms with Crippen LogP contribution < -0.4 is 9.47 Å². The minimum Gasteiger partial charge on any atom is -0.454 e. The number of fused-ring (bicyclic) bond motifs is 1. The quantitative estimate of drug-likeness (QED) is 0.843. The molecule has 0 spiro atoms. The van der Waals surface area contributed by atoms with Gasteiger partial charge in [-0.15, -0.1) is 0 Å². The van der Waals surface area contributed by atoms with Gasteiger partial charge in [0.05, 0.1) is 0 Å². The number of ether oxygens (including phenoxy) is 2. The Hall–Kier alpha value is -0.740. The molecule has 1 fully saturated rings. The van der Waals surface area contributed by atoms with Crippen molar-refractivity contribution in [3.63, 3.8) is 0 Å². The van der Waals surface area contributed by atoms with E-state index in [1.54, 1.807) is 0 Å². The molecule has 0 bridgehead atoms. The zero-order valence-electron chi connectivity index (χ0n) is 11.3. The molecule has 1 atom stereocenters. The zero-order chi connectivity index (χ0) is 13.2. The van der Waals surface area contributed by atoms with Gasteiger partial charge in [-0.3, -0.25) is 4.90 Å². The molecule has 104 valence electrons. The summed E-state index contributed by atoms with van der Waals surface area (Å²) in [5.74, 6) is 2.59. The standard InChI is InChI=1S/C15H20BrNO2/c1-2-11-4-3-5-17(8-11)9-12-6-14-15(7-13(12)16)19-10-18-14/h6-7,11H,2-5,8-10H2,1H3. The monoisotopic (exact) mass is 325 g/mol. The Bertz CT molecular complexity index is 464. The number of benzene rings is 1. The number of likely N-dealkylation sites (tertiary alicyclic amines) is 1. The maximum absolute atomic E-state index is 5.46. The van der Waals surface area contributed by atoms with Crippen LogP contribution in [-0.4, -0.2) is 24.8 Å². The van der Waals surface area contributed by atoms with Crippen LogP contribution in [0.5, 0.6) is 11.5 Å². The molecule has 1 aromatic carbocycles. The second kappa shape index (κ2) is 5.71. The van der Waals surface area contributed by atoms with Gasteiger partial charge in [-0.1, -0.05) is 29.3 Å². The van der Waals surface area contributed by atoms with Crippen LogP contribution >= 0.6 is 15.9 Å². The Morgan fingerprint density at radius 2 is 2.11 bits per heavy atom. The van der Waals surface area contributed by atoms with Crippen molar-refractivity contribution in [3.8, 4) is 11.5 Å². The predicted molar refractivity (Wildman–Crippen MR) is 78.6 cm³/mol. The molecule has 1 saturated heterocycles. The number of hydrogen-bond acceptors (Lipinski definition) is 3. The van der Waals surface area contributed by atoms with Crippen molar-refractivity contribution >= 4 is 15.9 Å². The first kappa shape index (κ1) is 13.3. The van der Waals surface area contributed by atoms with Gasteiger partial charge < -0.3 is 9.47 Å². The van der Waals surface area contributed by atoms with Crippen LogP contribution in [0.1, 0.15) is 31.7 Å². The van der Waals surface area contributed by atoms with Crippen molar-refractivity contribution in [2.45, 2.75) is 32.7 Å². The maximum atomic E-state index is 5.46. The number of hydrogen-bond donors (Lipinski definition) is 0. The molecule has 0 N–H and O–H groups in total. The van der Waals surface area contributed by atoms with E-state index in [4.69, 9.17) is 9.47 Å². The largest absolute Gasteiger partial charge is 0.454 e. The van der Waals surface area contributed by atoms with Crippen molar-refractivity contribution in [1.29, 1.82) is 0 Å². The molecule has 2 aliphatic rings. The van der Waals surface area contributed by atoms with E-state index in [1.807, 2.05) is 6.07 Å². The van der Waals surface area contributed by atoms with Crippen molar-refractivity contribution < 1.29 is 9.47 Å². The molecule has 2 heterocycles. The number of nitrogens with zero attached hydrogens (tertiary/aromatic N) is 1. The van der Waals surface area contributed by atoms with Crippen molar-refractivity contribution in [2.75, 3.05) is 19.9 Å². The Kier molecular flexibility index (Phi) is 3.99. The molecule has 3 rings (SSSR count). The molecule has 0 saturated carbocycles. The van der Waals surface area contributed by atoms with Gasteiger partial charge >= 0.3 is 0 Å². The Morgan fingerprint density at radius 3 is 2.89 bits per heavy atom. The van der Waals surface area contributed by atoms with Crippen LogP contribution in [0.15, 0.2) is 16.6 Å². The first-order valence-corrected chi connectivity index (χ1v) is 7.86. The third kappa shape index (κ3) is 2.90. The van der Waals surface area contributed by atoms with Crippen LogP contribution in [0.4, 0.5) is 0 Å². The summed E-state index contributed by atoms with van der Waals surface area (Å²) < 4.78 is 12.0. The molecule has 0 amide bonds. The summed E-state index contributed by atoms with van der Waals surface area (Å²) in [5, 5.41) is 0. The summed E-state index contributed by atoms with van der Waals surface area (Å²) in [4.78, 5) is 2.56. The van der Waals surface area contributed by atoms with E-state index in [-0.39, 0.29) is 0 Å². The number of piperidine rings is 1. The van der Waals surface area contributed by atoms with Gasteiger partial charge in [-0.05, 0) is 43.0 Å². The van der Waals surface area contributed by atoms with Crippen LogP contribution in [0.2, 0.25) is 0 Å². The fourth-order valence-corrected chi connectivity index (χ4v) is 3.40. The van der Waals surface area contributed by atoms with Crippen LogP contribution in [0.3, 0.4) is 0 Å². The third-order valence-corrected chi connectivity index (χ3v) is 4.85. The smallest absolute Gasteiger partial charge is 0.231 e. The number of halogens is 1. The van der Waals surface area contributed by atoms with Crippen molar-refractivity contribution in [1.82, 2.24) is 4.90 Å². The van der Waals surface area contributed by atoms with Crippen molar-refractivity contribution in [3.05, 3.63) is 22.2 Å². The highest BCUT2D eigenvalue weighted by Crippen LogP contribution is 2.37. The fraction of sp³-hybridized carbons (Fsp3) is 0.600. The summed E-state index contributed by atoms with van der Waals surface area (Å²) in [5.41, 5.74) is 1.29. The van der Waals surface area contributed by atoms with E-state index < -0.39 is 0 Å². The summed E-state index contributed by atoms with van der Waals surface area (Å²) in [7, 11) is 0. The molecular weight excluding hydrogens is 306 g/mol. The first-order chi connectivity index (χ1) is 9.26. The summed E-state index contributed by atoms with van der Waals surface area (Å²) in [6, 6.07) is 4.14. The van der Waals surface area contributed by atoms with Crippen molar-refractivity contribution in [2.24, 2.45) is 5.92 Å². The third-order valence-electron chi connectivity index (χ3n) is 4.12. The van der Waals surface area contributed by atoms with Gasteiger partial charge in [0.15, 0.2) is 11.5 Å². The highest BCUT2D eigenvalue weighted by atomic mass is 79.9. The van der Waals surface area contributed by atoms with Crippen LogP contribution in [0.25, 0.3) is 0 Å². The van der Waals surface area contributed by atoms with Crippen LogP contribution in [-0.2, 0) is 6.54 Å². The van der Waals surface area contributed by atoms with Gasteiger partial charge in [-0.25, -0.2) is 0 Å². The predicted octanol–water partition coefficient (Wildman–Crippen LogP) is 3.80. The Labute approximate surface area is 123 Å². The molecule has 4 heteroatoms. The van der Waals surface area contributed by atoms with Gasteiger partial charge in [0.2, 0.25) is 6.79 Å². The molecule has 1 unspecified atom stereocenters. The summed E-state index contributed by atoms with van der Waals surface area (Å²) >= 11 is 3.65. The van der Waals surface area contributed by atoms with E-state index in [2.05, 4.69) is 33.8 Å². The van der Waals surface area contributed by atoms with Gasteiger partial charge in [0.25, 0.3) is 0 Å². The highest BCUT2D eigenvalue weighted by molar-refractivity contribution is 9.10. The van der Waals surface area contributed by atoms with E-state index in [0.29, 0.717) is 6.79 Å². The molecule has 0 aliphatic carbocycles. The van der Waals surface area contributed by atoms with Gasteiger partial charge in [0, 0.05) is 17.6 Å². The lowest BCUT2D eigenvalue weighted by atomic mass is 9.95. The molecule has 0 radical (unpaired) electrons. The highest BCUT2D eigenvalue weighted by Gasteiger charge is 2.21. The normalized spacial score (nSPS) is 22.7. The Morgan fingerprint density at radius 1 is 1.32 bits per heavy atom. The van der Waals surface area contributed by atoms with E-state index in [1.165, 1.54) is 37.9 Å². The second-order valence-corrected chi connectivity index (χ2v) is 6.30. The lowest BCUT2D eigenvalue weighted by molar-refractivity contribution is 0.164. The SMILES string of the molecule is CCC1CCCN(Cc2cc3c(cc2Br)OCO3)C1.